The molecular formula is C18H26N4O. The Hall–Kier alpha value is -1.43. The van der Waals surface area contributed by atoms with Crippen molar-refractivity contribution in [2.75, 3.05) is 26.2 Å². The maximum absolute atomic E-state index is 9.54. The molecule has 23 heavy (non-hydrogen) atoms. The smallest absolute Gasteiger partial charge is 0.136 e. The Balaban J connectivity index is 1.45. The molecule has 0 bridgehead atoms. The molecule has 0 aliphatic carbocycles. The molecule has 0 amide bonds. The molecule has 2 atom stereocenters. The molecule has 2 unspecified atom stereocenters. The number of hydrogen-bond acceptors (Lipinski definition) is 4. The topological polar surface area (TPSA) is 44.0 Å². The summed E-state index contributed by atoms with van der Waals surface area (Å²) in [5, 5.41) is 9.54. The lowest BCUT2D eigenvalue weighted by Crippen LogP contribution is -2.43. The molecule has 2 fully saturated rings. The van der Waals surface area contributed by atoms with E-state index >= 15 is 0 Å². The van der Waals surface area contributed by atoms with Gasteiger partial charge in [-0.25, -0.2) is 4.98 Å². The summed E-state index contributed by atoms with van der Waals surface area (Å²) in [6.45, 7) is 4.68. The van der Waals surface area contributed by atoms with Gasteiger partial charge in [0.1, 0.15) is 5.65 Å². The van der Waals surface area contributed by atoms with E-state index in [1.165, 1.54) is 31.5 Å². The van der Waals surface area contributed by atoms with Crippen molar-refractivity contribution >= 4 is 5.65 Å². The number of aliphatic hydroxyl groups is 1. The lowest BCUT2D eigenvalue weighted by atomic mass is 10.2. The molecule has 2 aliphatic rings. The zero-order chi connectivity index (χ0) is 15.6. The van der Waals surface area contributed by atoms with Gasteiger partial charge in [0.05, 0.1) is 18.5 Å². The third kappa shape index (κ3) is 3.01. The van der Waals surface area contributed by atoms with E-state index in [0.29, 0.717) is 18.7 Å². The first-order valence-corrected chi connectivity index (χ1v) is 8.85. The predicted molar refractivity (Wildman–Crippen MR) is 90.3 cm³/mol. The van der Waals surface area contributed by atoms with E-state index in [1.807, 2.05) is 12.3 Å². The molecule has 4 rings (SSSR count). The first-order chi connectivity index (χ1) is 11.3. The molecule has 5 nitrogen and oxygen atoms in total. The number of hydrogen-bond donors (Lipinski definition) is 1. The summed E-state index contributed by atoms with van der Waals surface area (Å²) in [7, 11) is 0. The molecule has 0 aromatic carbocycles. The van der Waals surface area contributed by atoms with E-state index in [-0.39, 0.29) is 0 Å². The summed E-state index contributed by atoms with van der Waals surface area (Å²) in [5.41, 5.74) is 2.30. The Morgan fingerprint density at radius 3 is 2.78 bits per heavy atom. The van der Waals surface area contributed by atoms with Crippen LogP contribution in [0.1, 0.15) is 31.4 Å². The third-order valence-electron chi connectivity index (χ3n) is 5.51. The van der Waals surface area contributed by atoms with Crippen LogP contribution in [-0.2, 0) is 6.54 Å². The average Bonchev–Trinajstić information content (AvgIpc) is 3.29. The summed E-state index contributed by atoms with van der Waals surface area (Å²) in [4.78, 5) is 9.61. The Morgan fingerprint density at radius 1 is 1.09 bits per heavy atom. The summed E-state index contributed by atoms with van der Waals surface area (Å²) < 4.78 is 2.20. The summed E-state index contributed by atoms with van der Waals surface area (Å²) >= 11 is 0. The fourth-order valence-corrected chi connectivity index (χ4v) is 4.23. The van der Waals surface area contributed by atoms with Gasteiger partial charge in [-0.1, -0.05) is 6.07 Å². The minimum atomic E-state index is 0.306. The van der Waals surface area contributed by atoms with Crippen molar-refractivity contribution in [1.29, 1.82) is 0 Å². The standard InChI is InChI=1S/C18H26N4O/c23-14-16-6-4-9-21(16)12-15-5-3-8-20(15)13-17-11-19-18-7-1-2-10-22(17)18/h1-2,7,10-11,15-16,23H,3-6,8-9,12-14H2. The number of nitrogens with zero attached hydrogens (tertiary/aromatic N) is 4. The van der Waals surface area contributed by atoms with Gasteiger partial charge in [-0.3, -0.25) is 9.80 Å². The summed E-state index contributed by atoms with van der Waals surface area (Å²) in [6, 6.07) is 7.15. The molecule has 2 aliphatic heterocycles. The highest BCUT2D eigenvalue weighted by Crippen LogP contribution is 2.25. The molecule has 0 radical (unpaired) electrons. The molecule has 1 N–H and O–H groups in total. The van der Waals surface area contributed by atoms with Crippen LogP contribution in [0.3, 0.4) is 0 Å². The number of rotatable bonds is 5. The first-order valence-electron chi connectivity index (χ1n) is 8.85. The highest BCUT2D eigenvalue weighted by molar-refractivity contribution is 5.39. The second-order valence-electron chi connectivity index (χ2n) is 6.92. The molecule has 0 saturated carbocycles. The number of imidazole rings is 1. The minimum Gasteiger partial charge on any atom is -0.395 e. The van der Waals surface area contributed by atoms with E-state index in [1.54, 1.807) is 0 Å². The first kappa shape index (κ1) is 15.1. The van der Waals surface area contributed by atoms with Crippen molar-refractivity contribution in [1.82, 2.24) is 19.2 Å². The van der Waals surface area contributed by atoms with Crippen LogP contribution in [0.4, 0.5) is 0 Å². The zero-order valence-electron chi connectivity index (χ0n) is 13.6. The van der Waals surface area contributed by atoms with Gasteiger partial charge in [0.2, 0.25) is 0 Å². The Labute approximate surface area is 137 Å². The molecule has 124 valence electrons. The van der Waals surface area contributed by atoms with E-state index < -0.39 is 0 Å². The second kappa shape index (κ2) is 6.59. The fraction of sp³-hybridized carbons (Fsp3) is 0.611. The molecule has 5 heteroatoms. The van der Waals surface area contributed by atoms with Gasteiger partial charge in [0.25, 0.3) is 0 Å². The number of aromatic nitrogens is 2. The average molecular weight is 314 g/mol. The van der Waals surface area contributed by atoms with Crippen molar-refractivity contribution in [2.24, 2.45) is 0 Å². The Morgan fingerprint density at radius 2 is 1.91 bits per heavy atom. The van der Waals surface area contributed by atoms with Crippen LogP contribution in [0.25, 0.3) is 5.65 Å². The van der Waals surface area contributed by atoms with Crippen LogP contribution in [-0.4, -0.2) is 62.6 Å². The maximum Gasteiger partial charge on any atom is 0.136 e. The van der Waals surface area contributed by atoms with Gasteiger partial charge >= 0.3 is 0 Å². The van der Waals surface area contributed by atoms with E-state index in [9.17, 15) is 5.11 Å². The minimum absolute atomic E-state index is 0.306. The monoisotopic (exact) mass is 314 g/mol. The van der Waals surface area contributed by atoms with E-state index in [2.05, 4.69) is 37.5 Å². The predicted octanol–water partition coefficient (Wildman–Crippen LogP) is 1.76. The van der Waals surface area contributed by atoms with Crippen molar-refractivity contribution in [3.8, 4) is 0 Å². The van der Waals surface area contributed by atoms with E-state index in [4.69, 9.17) is 0 Å². The Kier molecular flexibility index (Phi) is 4.33. The number of aliphatic hydroxyl groups excluding tert-OH is 1. The van der Waals surface area contributed by atoms with Crippen molar-refractivity contribution in [2.45, 2.75) is 44.3 Å². The SMILES string of the molecule is OCC1CCCN1CC1CCCN1Cc1cnc2ccccn12. The van der Waals surface area contributed by atoms with Crippen LogP contribution in [0.2, 0.25) is 0 Å². The molecule has 0 spiro atoms. The lowest BCUT2D eigenvalue weighted by molar-refractivity contribution is 0.119. The maximum atomic E-state index is 9.54. The van der Waals surface area contributed by atoms with E-state index in [0.717, 1.165) is 31.7 Å². The van der Waals surface area contributed by atoms with Crippen molar-refractivity contribution in [3.63, 3.8) is 0 Å². The van der Waals surface area contributed by atoms with Crippen LogP contribution in [0, 0.1) is 0 Å². The van der Waals surface area contributed by atoms with Gasteiger partial charge in [-0.05, 0) is 50.9 Å². The molecule has 2 aromatic heterocycles. The van der Waals surface area contributed by atoms with Crippen LogP contribution in [0.15, 0.2) is 30.6 Å². The van der Waals surface area contributed by atoms with Crippen LogP contribution in [0.5, 0.6) is 0 Å². The number of pyridine rings is 1. The highest BCUT2D eigenvalue weighted by atomic mass is 16.3. The fourth-order valence-electron chi connectivity index (χ4n) is 4.23. The second-order valence-corrected chi connectivity index (χ2v) is 6.92. The van der Waals surface area contributed by atoms with Gasteiger partial charge in [-0.15, -0.1) is 0 Å². The van der Waals surface area contributed by atoms with Crippen LogP contribution >= 0.6 is 0 Å². The molecule has 4 heterocycles. The Bertz CT molecular complexity index is 655. The van der Waals surface area contributed by atoms with Gasteiger partial charge in [0.15, 0.2) is 0 Å². The number of fused-ring (bicyclic) bond motifs is 1. The summed E-state index contributed by atoms with van der Waals surface area (Å²) in [6.07, 6.45) is 9.04. The van der Waals surface area contributed by atoms with Gasteiger partial charge in [0, 0.05) is 31.4 Å². The van der Waals surface area contributed by atoms with Gasteiger partial charge in [-0.2, -0.15) is 0 Å². The largest absolute Gasteiger partial charge is 0.395 e. The highest BCUT2D eigenvalue weighted by Gasteiger charge is 2.31. The zero-order valence-corrected chi connectivity index (χ0v) is 13.6. The lowest BCUT2D eigenvalue weighted by Gasteiger charge is -2.31. The molecular weight excluding hydrogens is 288 g/mol. The number of likely N-dealkylation sites (tertiary alicyclic amines) is 2. The molecule has 2 saturated heterocycles. The molecule has 2 aromatic rings. The normalized spacial score (nSPS) is 26.5. The van der Waals surface area contributed by atoms with Crippen LogP contribution < -0.4 is 0 Å². The summed E-state index contributed by atoms with van der Waals surface area (Å²) in [5.74, 6) is 0. The van der Waals surface area contributed by atoms with Crippen molar-refractivity contribution < 1.29 is 5.11 Å². The quantitative estimate of drug-likeness (QED) is 0.913. The van der Waals surface area contributed by atoms with Crippen molar-refractivity contribution in [3.05, 3.63) is 36.3 Å². The van der Waals surface area contributed by atoms with Gasteiger partial charge < -0.3 is 9.51 Å². The third-order valence-corrected chi connectivity index (χ3v) is 5.51.